The van der Waals surface area contributed by atoms with Gasteiger partial charge in [0, 0.05) is 31.9 Å². The molecule has 0 spiro atoms. The highest BCUT2D eigenvalue weighted by atomic mass is 16.5. The molecule has 248 valence electrons. The summed E-state index contributed by atoms with van der Waals surface area (Å²) >= 11 is 0. The summed E-state index contributed by atoms with van der Waals surface area (Å²) in [6, 6.07) is 9.44. The molecule has 6 nitrogen and oxygen atoms in total. The number of ether oxygens (including phenoxy) is 4. The van der Waals surface area contributed by atoms with Crippen LogP contribution in [0, 0.1) is 23.7 Å². The van der Waals surface area contributed by atoms with Gasteiger partial charge in [0.2, 0.25) is 0 Å². The van der Waals surface area contributed by atoms with Crippen molar-refractivity contribution in [3.8, 4) is 5.75 Å². The molecule has 1 aromatic carbocycles. The van der Waals surface area contributed by atoms with Crippen molar-refractivity contribution in [3.05, 3.63) is 29.8 Å². The molecule has 0 bridgehead atoms. The molecule has 3 N–H and O–H groups in total. The lowest BCUT2D eigenvalue weighted by atomic mass is 9.76. The second kappa shape index (κ2) is 20.0. The Hall–Kier alpha value is -1.18. The third-order valence-corrected chi connectivity index (χ3v) is 9.61. The Morgan fingerprint density at radius 1 is 0.744 bits per heavy atom. The van der Waals surface area contributed by atoms with E-state index in [0.717, 1.165) is 69.7 Å². The SMILES string of the molecule is CC(CCOCNC1CCC(CC2CCC(N)CC2)CC1)CCOc1ccc(COCCC(C)CCOC(C)(C)C)cc1. The van der Waals surface area contributed by atoms with Crippen LogP contribution in [0.4, 0.5) is 0 Å². The second-order valence-corrected chi connectivity index (χ2v) is 14.9. The van der Waals surface area contributed by atoms with E-state index in [-0.39, 0.29) is 5.60 Å². The van der Waals surface area contributed by atoms with Crippen LogP contribution in [0.1, 0.15) is 124 Å². The Bertz CT molecular complexity index is 826. The van der Waals surface area contributed by atoms with Crippen molar-refractivity contribution in [2.45, 2.75) is 142 Å². The molecule has 0 aliphatic heterocycles. The molecule has 2 unspecified atom stereocenters. The fourth-order valence-electron chi connectivity index (χ4n) is 6.42. The van der Waals surface area contributed by atoms with E-state index >= 15 is 0 Å². The van der Waals surface area contributed by atoms with E-state index in [4.69, 9.17) is 24.7 Å². The summed E-state index contributed by atoms with van der Waals surface area (Å²) in [6.07, 6.45) is 16.2. The first-order chi connectivity index (χ1) is 20.7. The Morgan fingerprint density at radius 2 is 1.30 bits per heavy atom. The van der Waals surface area contributed by atoms with Gasteiger partial charge in [-0.25, -0.2) is 0 Å². The Balaban J connectivity index is 1.13. The lowest BCUT2D eigenvalue weighted by molar-refractivity contribution is -0.0102. The third-order valence-electron chi connectivity index (χ3n) is 9.61. The molecule has 2 aliphatic carbocycles. The van der Waals surface area contributed by atoms with Gasteiger partial charge >= 0.3 is 0 Å². The Labute approximate surface area is 264 Å². The van der Waals surface area contributed by atoms with Crippen molar-refractivity contribution in [2.24, 2.45) is 29.4 Å². The minimum Gasteiger partial charge on any atom is -0.494 e. The lowest BCUT2D eigenvalue weighted by Gasteiger charge is -2.33. The van der Waals surface area contributed by atoms with Gasteiger partial charge in [-0.1, -0.05) is 26.0 Å². The maximum atomic E-state index is 6.08. The van der Waals surface area contributed by atoms with Crippen LogP contribution in [0.5, 0.6) is 5.75 Å². The number of nitrogens with two attached hydrogens (primary N) is 1. The zero-order valence-electron chi connectivity index (χ0n) is 28.4. The summed E-state index contributed by atoms with van der Waals surface area (Å²) in [5.41, 5.74) is 7.22. The van der Waals surface area contributed by atoms with Crippen molar-refractivity contribution < 1.29 is 18.9 Å². The summed E-state index contributed by atoms with van der Waals surface area (Å²) in [4.78, 5) is 0. The number of hydrogen-bond acceptors (Lipinski definition) is 6. The fourth-order valence-corrected chi connectivity index (χ4v) is 6.42. The van der Waals surface area contributed by atoms with Crippen molar-refractivity contribution in [2.75, 3.05) is 33.2 Å². The summed E-state index contributed by atoms with van der Waals surface area (Å²) in [7, 11) is 0. The molecular weight excluding hydrogens is 536 g/mol. The lowest BCUT2D eigenvalue weighted by Crippen LogP contribution is -2.35. The number of benzene rings is 1. The predicted octanol–water partition coefficient (Wildman–Crippen LogP) is 8.26. The highest BCUT2D eigenvalue weighted by Crippen LogP contribution is 2.35. The minimum absolute atomic E-state index is 0.0550. The van der Waals surface area contributed by atoms with E-state index in [1.54, 1.807) is 0 Å². The first kappa shape index (κ1) is 36.3. The molecule has 0 radical (unpaired) electrons. The van der Waals surface area contributed by atoms with E-state index in [1.807, 2.05) is 0 Å². The maximum absolute atomic E-state index is 6.08. The third kappa shape index (κ3) is 16.6. The van der Waals surface area contributed by atoms with E-state index in [9.17, 15) is 0 Å². The monoisotopic (exact) mass is 603 g/mol. The van der Waals surface area contributed by atoms with E-state index in [1.165, 1.54) is 63.4 Å². The van der Waals surface area contributed by atoms with Crippen molar-refractivity contribution in [1.29, 1.82) is 0 Å². The normalized spacial score (nSPS) is 24.5. The maximum Gasteiger partial charge on any atom is 0.119 e. The Morgan fingerprint density at radius 3 is 1.93 bits per heavy atom. The molecule has 0 amide bonds. The van der Waals surface area contributed by atoms with Crippen LogP contribution in [0.15, 0.2) is 24.3 Å². The van der Waals surface area contributed by atoms with Gasteiger partial charge in [0.25, 0.3) is 0 Å². The topological polar surface area (TPSA) is 75.0 Å². The molecule has 3 rings (SSSR count). The van der Waals surface area contributed by atoms with Gasteiger partial charge in [-0.15, -0.1) is 0 Å². The largest absolute Gasteiger partial charge is 0.494 e. The molecular formula is C37H66N2O4. The highest BCUT2D eigenvalue weighted by molar-refractivity contribution is 5.26. The summed E-state index contributed by atoms with van der Waals surface area (Å²) < 4.78 is 23.7. The van der Waals surface area contributed by atoms with Gasteiger partial charge in [-0.05, 0) is 146 Å². The Kier molecular flexibility index (Phi) is 16.9. The molecule has 2 saturated carbocycles. The molecule has 0 saturated heterocycles. The van der Waals surface area contributed by atoms with E-state index < -0.39 is 0 Å². The van der Waals surface area contributed by atoms with Crippen molar-refractivity contribution >= 4 is 0 Å². The van der Waals surface area contributed by atoms with Gasteiger partial charge in [0.1, 0.15) is 5.75 Å². The molecule has 0 heterocycles. The quantitative estimate of drug-likeness (QED) is 0.116. The molecule has 43 heavy (non-hydrogen) atoms. The van der Waals surface area contributed by atoms with Gasteiger partial charge in [0.15, 0.2) is 0 Å². The number of nitrogens with one attached hydrogen (secondary N) is 1. The van der Waals surface area contributed by atoms with Crippen molar-refractivity contribution in [3.63, 3.8) is 0 Å². The van der Waals surface area contributed by atoms with Crippen LogP contribution in [0.25, 0.3) is 0 Å². The fraction of sp³-hybridized carbons (Fsp3) is 0.838. The predicted molar refractivity (Wildman–Crippen MR) is 178 cm³/mol. The zero-order chi connectivity index (χ0) is 30.9. The summed E-state index contributed by atoms with van der Waals surface area (Å²) in [5.74, 6) is 3.99. The number of rotatable bonds is 20. The first-order valence-corrected chi connectivity index (χ1v) is 17.7. The standard InChI is InChI=1S/C37H66N2O4/c1-29(19-23-41-28-39-35-14-8-32(9-15-35)26-31-6-12-34(38)13-7-31)20-24-42-36-16-10-33(11-17-36)27-40-22-18-30(2)21-25-43-37(3,4)5/h10-11,16-17,29-32,34-35,39H,6-9,12-15,18-28,38H2,1-5H3. The molecule has 6 heteroatoms. The van der Waals surface area contributed by atoms with Crippen LogP contribution in [-0.2, 0) is 20.8 Å². The summed E-state index contributed by atoms with van der Waals surface area (Å²) in [6.45, 7) is 15.4. The second-order valence-electron chi connectivity index (χ2n) is 14.9. The smallest absolute Gasteiger partial charge is 0.119 e. The van der Waals surface area contributed by atoms with Crippen LogP contribution in [0.3, 0.4) is 0 Å². The van der Waals surface area contributed by atoms with Crippen LogP contribution >= 0.6 is 0 Å². The average Bonchev–Trinajstić information content (AvgIpc) is 2.97. The average molecular weight is 603 g/mol. The molecule has 1 aromatic rings. The van der Waals surface area contributed by atoms with Gasteiger partial charge < -0.3 is 24.7 Å². The van der Waals surface area contributed by atoms with E-state index in [2.05, 4.69) is 64.2 Å². The molecule has 2 atom stereocenters. The highest BCUT2D eigenvalue weighted by Gasteiger charge is 2.26. The minimum atomic E-state index is -0.0550. The number of hydrogen-bond donors (Lipinski definition) is 2. The van der Waals surface area contributed by atoms with Crippen LogP contribution < -0.4 is 15.8 Å². The van der Waals surface area contributed by atoms with Gasteiger partial charge in [-0.2, -0.15) is 0 Å². The molecule has 0 aromatic heterocycles. The molecule has 2 fully saturated rings. The van der Waals surface area contributed by atoms with E-state index in [0.29, 0.717) is 37.3 Å². The van der Waals surface area contributed by atoms with Gasteiger partial charge in [0.05, 0.1) is 25.5 Å². The molecule has 2 aliphatic rings. The first-order valence-electron chi connectivity index (χ1n) is 17.7. The zero-order valence-corrected chi connectivity index (χ0v) is 28.4. The van der Waals surface area contributed by atoms with Crippen LogP contribution in [0.2, 0.25) is 0 Å². The van der Waals surface area contributed by atoms with Crippen LogP contribution in [-0.4, -0.2) is 50.8 Å². The van der Waals surface area contributed by atoms with Gasteiger partial charge in [-0.3, -0.25) is 5.32 Å². The van der Waals surface area contributed by atoms with Crippen molar-refractivity contribution in [1.82, 2.24) is 5.32 Å². The summed E-state index contributed by atoms with van der Waals surface area (Å²) in [5, 5.41) is 3.65.